The molecule has 0 bridgehead atoms. The van der Waals surface area contributed by atoms with E-state index >= 15 is 0 Å². The first-order valence-corrected chi connectivity index (χ1v) is 6.35. The van der Waals surface area contributed by atoms with Crippen LogP contribution in [0.25, 0.3) is 11.8 Å². The average molecular weight is 255 g/mol. The van der Waals surface area contributed by atoms with Gasteiger partial charge in [0.2, 0.25) is 5.91 Å². The maximum atomic E-state index is 11.4. The first-order chi connectivity index (χ1) is 9.29. The van der Waals surface area contributed by atoms with Crippen LogP contribution in [-0.2, 0) is 4.79 Å². The highest BCUT2D eigenvalue weighted by Crippen LogP contribution is 2.08. The maximum absolute atomic E-state index is 11.4. The molecule has 2 aromatic rings. The number of rotatable bonds is 5. The highest BCUT2D eigenvalue weighted by molar-refractivity contribution is 5.91. The average Bonchev–Trinajstić information content (AvgIpc) is 2.93. The van der Waals surface area contributed by atoms with Gasteiger partial charge in [0.25, 0.3) is 0 Å². The van der Waals surface area contributed by atoms with Crippen molar-refractivity contribution >= 4 is 12.0 Å². The minimum absolute atomic E-state index is 0.0747. The summed E-state index contributed by atoms with van der Waals surface area (Å²) in [7, 11) is 0. The lowest BCUT2D eigenvalue weighted by Gasteiger charge is -1.98. The van der Waals surface area contributed by atoms with Gasteiger partial charge in [-0.3, -0.25) is 4.79 Å². The van der Waals surface area contributed by atoms with E-state index in [0.29, 0.717) is 6.54 Å². The minimum Gasteiger partial charge on any atom is -0.353 e. The van der Waals surface area contributed by atoms with Crippen molar-refractivity contribution in [3.05, 3.63) is 54.4 Å². The smallest absolute Gasteiger partial charge is 0.244 e. The molecule has 1 aromatic carbocycles. The molecule has 0 aliphatic carbocycles. The van der Waals surface area contributed by atoms with Gasteiger partial charge in [0.05, 0.1) is 11.9 Å². The number of carbonyl (C=O) groups is 1. The Morgan fingerprint density at radius 1 is 1.37 bits per heavy atom. The molecule has 0 atom stereocenters. The summed E-state index contributed by atoms with van der Waals surface area (Å²) < 4.78 is 1.78. The number of nitrogens with zero attached hydrogens (tertiary/aromatic N) is 2. The van der Waals surface area contributed by atoms with Crippen molar-refractivity contribution in [1.29, 1.82) is 0 Å². The van der Waals surface area contributed by atoms with Crippen molar-refractivity contribution in [3.63, 3.8) is 0 Å². The lowest BCUT2D eigenvalue weighted by Crippen LogP contribution is -2.21. The zero-order valence-corrected chi connectivity index (χ0v) is 10.9. The predicted molar refractivity (Wildman–Crippen MR) is 75.9 cm³/mol. The van der Waals surface area contributed by atoms with Crippen LogP contribution in [0.2, 0.25) is 0 Å². The van der Waals surface area contributed by atoms with E-state index in [2.05, 4.69) is 10.4 Å². The standard InChI is InChI=1S/C15H17N3O/c1-2-10-16-15(19)9-8-13-11-17-18(12-13)14-6-4-3-5-7-14/h3-9,11-12H,2,10H2,1H3,(H,16,19)/b9-8+. The fourth-order valence-electron chi connectivity index (χ4n) is 1.62. The van der Waals surface area contributed by atoms with Crippen LogP contribution in [0.5, 0.6) is 0 Å². The third-order valence-electron chi connectivity index (χ3n) is 2.60. The second-order valence-corrected chi connectivity index (χ2v) is 4.18. The molecule has 1 amide bonds. The Hall–Kier alpha value is -2.36. The summed E-state index contributed by atoms with van der Waals surface area (Å²) >= 11 is 0. The van der Waals surface area contributed by atoms with Crippen LogP contribution >= 0.6 is 0 Å². The third kappa shape index (κ3) is 3.81. The summed E-state index contributed by atoms with van der Waals surface area (Å²) in [4.78, 5) is 11.4. The molecule has 4 heteroatoms. The van der Waals surface area contributed by atoms with Crippen molar-refractivity contribution in [3.8, 4) is 5.69 Å². The van der Waals surface area contributed by atoms with Gasteiger partial charge in [0.1, 0.15) is 0 Å². The molecule has 1 aromatic heterocycles. The molecule has 0 spiro atoms. The van der Waals surface area contributed by atoms with E-state index in [1.54, 1.807) is 17.0 Å². The van der Waals surface area contributed by atoms with E-state index in [1.165, 1.54) is 6.08 Å². The molecule has 19 heavy (non-hydrogen) atoms. The zero-order valence-electron chi connectivity index (χ0n) is 10.9. The van der Waals surface area contributed by atoms with Crippen LogP contribution < -0.4 is 5.32 Å². The van der Waals surface area contributed by atoms with Gasteiger partial charge in [0, 0.05) is 24.4 Å². The van der Waals surface area contributed by atoms with Crippen LogP contribution in [0.3, 0.4) is 0 Å². The number of aromatic nitrogens is 2. The Bertz CT molecular complexity index is 558. The zero-order chi connectivity index (χ0) is 13.5. The maximum Gasteiger partial charge on any atom is 0.244 e. The van der Waals surface area contributed by atoms with Gasteiger partial charge in [-0.15, -0.1) is 0 Å². The van der Waals surface area contributed by atoms with Crippen LogP contribution in [0.4, 0.5) is 0 Å². The minimum atomic E-state index is -0.0747. The summed E-state index contributed by atoms with van der Waals surface area (Å²) in [5.74, 6) is -0.0747. The van der Waals surface area contributed by atoms with E-state index in [9.17, 15) is 4.79 Å². The molecule has 2 rings (SSSR count). The van der Waals surface area contributed by atoms with Gasteiger partial charge >= 0.3 is 0 Å². The van der Waals surface area contributed by atoms with Crippen LogP contribution in [-0.4, -0.2) is 22.2 Å². The molecule has 98 valence electrons. The van der Waals surface area contributed by atoms with E-state index < -0.39 is 0 Å². The van der Waals surface area contributed by atoms with Crippen molar-refractivity contribution in [1.82, 2.24) is 15.1 Å². The normalized spacial score (nSPS) is 10.8. The SMILES string of the molecule is CCCNC(=O)/C=C/c1cnn(-c2ccccc2)c1. The quantitative estimate of drug-likeness (QED) is 0.834. The molecule has 0 unspecified atom stereocenters. The summed E-state index contributed by atoms with van der Waals surface area (Å²) in [6.45, 7) is 2.72. The van der Waals surface area contributed by atoms with E-state index in [1.807, 2.05) is 43.5 Å². The van der Waals surface area contributed by atoms with Gasteiger partial charge in [-0.25, -0.2) is 4.68 Å². The highest BCUT2D eigenvalue weighted by Gasteiger charge is 1.98. The Morgan fingerprint density at radius 3 is 2.89 bits per heavy atom. The van der Waals surface area contributed by atoms with Crippen LogP contribution in [0.15, 0.2) is 48.8 Å². The van der Waals surface area contributed by atoms with Crippen molar-refractivity contribution < 1.29 is 4.79 Å². The van der Waals surface area contributed by atoms with Gasteiger partial charge in [-0.2, -0.15) is 5.10 Å². The lowest BCUT2D eigenvalue weighted by atomic mass is 10.3. The first kappa shape index (κ1) is 13.1. The van der Waals surface area contributed by atoms with Gasteiger partial charge in [-0.1, -0.05) is 25.1 Å². The Balaban J connectivity index is 2.02. The van der Waals surface area contributed by atoms with Crippen LogP contribution in [0, 0.1) is 0 Å². The number of hydrogen-bond donors (Lipinski definition) is 1. The van der Waals surface area contributed by atoms with Gasteiger partial charge < -0.3 is 5.32 Å². The summed E-state index contributed by atoms with van der Waals surface area (Å²) in [5.41, 5.74) is 1.90. The Labute approximate surface area is 112 Å². The van der Waals surface area contributed by atoms with E-state index in [4.69, 9.17) is 0 Å². The molecular formula is C15H17N3O. The molecule has 1 N–H and O–H groups in total. The molecule has 0 fully saturated rings. The van der Waals surface area contributed by atoms with Gasteiger partial charge in [-0.05, 0) is 24.6 Å². The first-order valence-electron chi connectivity index (χ1n) is 6.35. The fraction of sp³-hybridized carbons (Fsp3) is 0.200. The topological polar surface area (TPSA) is 46.9 Å². The fourth-order valence-corrected chi connectivity index (χ4v) is 1.62. The molecule has 0 saturated carbocycles. The molecule has 1 heterocycles. The predicted octanol–water partition coefficient (Wildman–Crippen LogP) is 2.41. The monoisotopic (exact) mass is 255 g/mol. The molecule has 0 aliphatic rings. The highest BCUT2D eigenvalue weighted by atomic mass is 16.1. The van der Waals surface area contributed by atoms with Crippen molar-refractivity contribution in [2.24, 2.45) is 0 Å². The molecule has 0 radical (unpaired) electrons. The number of carbonyl (C=O) groups excluding carboxylic acids is 1. The summed E-state index contributed by atoms with van der Waals surface area (Å²) in [5, 5.41) is 7.05. The Morgan fingerprint density at radius 2 is 2.16 bits per heavy atom. The number of hydrogen-bond acceptors (Lipinski definition) is 2. The van der Waals surface area contributed by atoms with Crippen molar-refractivity contribution in [2.75, 3.05) is 6.54 Å². The summed E-state index contributed by atoms with van der Waals surface area (Å²) in [6, 6.07) is 9.85. The second-order valence-electron chi connectivity index (χ2n) is 4.18. The molecule has 4 nitrogen and oxygen atoms in total. The Kier molecular flexibility index (Phi) is 4.50. The number of nitrogens with one attached hydrogen (secondary N) is 1. The van der Waals surface area contributed by atoms with Gasteiger partial charge in [0.15, 0.2) is 0 Å². The second kappa shape index (κ2) is 6.54. The third-order valence-corrected chi connectivity index (χ3v) is 2.60. The van der Waals surface area contributed by atoms with E-state index in [-0.39, 0.29) is 5.91 Å². The largest absolute Gasteiger partial charge is 0.353 e. The lowest BCUT2D eigenvalue weighted by molar-refractivity contribution is -0.116. The summed E-state index contributed by atoms with van der Waals surface area (Å²) in [6.07, 6.45) is 7.85. The molecule has 0 aliphatic heterocycles. The number of benzene rings is 1. The molecular weight excluding hydrogens is 238 g/mol. The van der Waals surface area contributed by atoms with Crippen LogP contribution in [0.1, 0.15) is 18.9 Å². The van der Waals surface area contributed by atoms with Crippen molar-refractivity contribution in [2.45, 2.75) is 13.3 Å². The number of para-hydroxylation sites is 1. The molecule has 0 saturated heterocycles. The van der Waals surface area contributed by atoms with E-state index in [0.717, 1.165) is 17.7 Å². The number of amides is 1.